The van der Waals surface area contributed by atoms with Crippen LogP contribution in [0.3, 0.4) is 0 Å². The van der Waals surface area contributed by atoms with E-state index in [1.807, 2.05) is 0 Å². The molecule has 0 saturated heterocycles. The van der Waals surface area contributed by atoms with Crippen LogP contribution in [0.1, 0.15) is 78.1 Å². The van der Waals surface area contributed by atoms with Gasteiger partial charge in [0.05, 0.1) is 6.10 Å². The van der Waals surface area contributed by atoms with E-state index in [2.05, 4.69) is 13.8 Å². The van der Waals surface area contributed by atoms with Crippen molar-refractivity contribution in [2.45, 2.75) is 84.2 Å². The maximum atomic E-state index is 11.1. The molecule has 4 aliphatic carbocycles. The van der Waals surface area contributed by atoms with Crippen molar-refractivity contribution in [2.75, 3.05) is 0 Å². The van der Waals surface area contributed by atoms with Crippen LogP contribution in [0.4, 0.5) is 0 Å². The monoisotopic (exact) mass is 356 g/mol. The first-order valence-electron chi connectivity index (χ1n) is 9.87. The highest BCUT2D eigenvalue weighted by atomic mass is 32.3. The quantitative estimate of drug-likeness (QED) is 0.734. The fourth-order valence-electron chi connectivity index (χ4n) is 7.47. The topological polar surface area (TPSA) is 63.6 Å². The van der Waals surface area contributed by atoms with E-state index in [4.69, 9.17) is 8.74 Å². The Balaban J connectivity index is 1.52. The second kappa shape index (κ2) is 5.68. The van der Waals surface area contributed by atoms with E-state index >= 15 is 0 Å². The average molecular weight is 357 g/mol. The van der Waals surface area contributed by atoms with E-state index in [1.54, 1.807) is 0 Å². The van der Waals surface area contributed by atoms with Crippen molar-refractivity contribution in [1.82, 2.24) is 0 Å². The zero-order chi connectivity index (χ0) is 17.2. The summed E-state index contributed by atoms with van der Waals surface area (Å²) in [5.41, 5.74) is 0.932. The Morgan fingerprint density at radius 2 is 1.75 bits per heavy atom. The van der Waals surface area contributed by atoms with Gasteiger partial charge >= 0.3 is 10.4 Å². The minimum atomic E-state index is -4.32. The first kappa shape index (κ1) is 17.3. The van der Waals surface area contributed by atoms with E-state index < -0.39 is 10.4 Å². The number of hydrogen-bond acceptors (Lipinski definition) is 3. The van der Waals surface area contributed by atoms with Crippen LogP contribution in [0, 0.1) is 34.5 Å². The third-order valence-corrected chi connectivity index (χ3v) is 9.17. The summed E-state index contributed by atoms with van der Waals surface area (Å²) in [4.78, 5) is 0. The van der Waals surface area contributed by atoms with Crippen molar-refractivity contribution in [3.05, 3.63) is 0 Å². The van der Waals surface area contributed by atoms with Crippen LogP contribution in [-0.4, -0.2) is 19.1 Å². The van der Waals surface area contributed by atoms with Gasteiger partial charge in [-0.15, -0.1) is 0 Å². The lowest BCUT2D eigenvalue weighted by atomic mass is 9.45. The van der Waals surface area contributed by atoms with E-state index in [0.717, 1.165) is 37.0 Å². The van der Waals surface area contributed by atoms with Crippen molar-refractivity contribution in [3.63, 3.8) is 0 Å². The van der Waals surface area contributed by atoms with Crippen LogP contribution in [0.2, 0.25) is 0 Å². The van der Waals surface area contributed by atoms with E-state index in [9.17, 15) is 8.42 Å². The first-order valence-corrected chi connectivity index (χ1v) is 11.2. The zero-order valence-electron chi connectivity index (χ0n) is 15.0. The van der Waals surface area contributed by atoms with Gasteiger partial charge in [-0.1, -0.05) is 20.3 Å². The third-order valence-electron chi connectivity index (χ3n) is 8.66. The molecule has 0 heterocycles. The van der Waals surface area contributed by atoms with Crippen LogP contribution in [0.25, 0.3) is 0 Å². The normalized spacial score (nSPS) is 51.5. The summed E-state index contributed by atoms with van der Waals surface area (Å²) >= 11 is 0. The number of hydrogen-bond donors (Lipinski definition) is 1. The zero-order valence-corrected chi connectivity index (χ0v) is 15.9. The molecule has 0 aliphatic heterocycles. The molecule has 4 saturated carbocycles. The van der Waals surface area contributed by atoms with E-state index in [-0.39, 0.29) is 6.10 Å². The molecule has 0 radical (unpaired) electrons. The van der Waals surface area contributed by atoms with Gasteiger partial charge in [-0.2, -0.15) is 8.42 Å². The molecule has 7 atom stereocenters. The van der Waals surface area contributed by atoms with Gasteiger partial charge in [-0.05, 0) is 92.3 Å². The molecule has 3 unspecified atom stereocenters. The van der Waals surface area contributed by atoms with Crippen LogP contribution >= 0.6 is 0 Å². The fraction of sp³-hybridized carbons (Fsp3) is 1.00. The lowest BCUT2D eigenvalue weighted by Crippen LogP contribution is -2.53. The second-order valence-corrected chi connectivity index (χ2v) is 10.7. The molecule has 4 fully saturated rings. The van der Waals surface area contributed by atoms with Gasteiger partial charge in [0.2, 0.25) is 0 Å². The summed E-state index contributed by atoms with van der Waals surface area (Å²) < 4.78 is 36.0. The van der Waals surface area contributed by atoms with Gasteiger partial charge in [-0.25, -0.2) is 4.18 Å². The van der Waals surface area contributed by atoms with Crippen molar-refractivity contribution in [2.24, 2.45) is 34.5 Å². The lowest BCUT2D eigenvalue weighted by molar-refractivity contribution is -0.118. The standard InChI is InChI=1S/C19H32O4S/c1-18-9-3-4-16(18)15-6-5-13-12-14(23-24(20,21)22)7-11-19(13,2)17(15)8-10-18/h13-17H,3-12H2,1-2H3,(H,20,21,22)/t13-,14-,15?,16?,17?,18-,19-/m0/s1. The summed E-state index contributed by atoms with van der Waals surface area (Å²) in [6.07, 6.45) is 11.8. The van der Waals surface area contributed by atoms with Crippen LogP contribution in [0.5, 0.6) is 0 Å². The molecule has 0 aromatic heterocycles. The SMILES string of the molecule is C[C@@]12CCCC1C1CC[C@H]3C[C@@H](OS(=O)(=O)O)CC[C@]3(C)C1CC2. The average Bonchev–Trinajstić information content (AvgIpc) is 2.88. The summed E-state index contributed by atoms with van der Waals surface area (Å²) in [6, 6.07) is 0. The largest absolute Gasteiger partial charge is 0.397 e. The Bertz CT molecular complexity index is 602. The fourth-order valence-corrected chi connectivity index (χ4v) is 7.99. The van der Waals surface area contributed by atoms with E-state index in [1.165, 1.54) is 44.9 Å². The third kappa shape index (κ3) is 2.75. The summed E-state index contributed by atoms with van der Waals surface area (Å²) in [5, 5.41) is 0. The van der Waals surface area contributed by atoms with Gasteiger partial charge in [0.25, 0.3) is 0 Å². The molecule has 4 nitrogen and oxygen atoms in total. The van der Waals surface area contributed by atoms with Gasteiger partial charge in [0.1, 0.15) is 0 Å². The molecule has 0 aromatic carbocycles. The molecule has 0 spiro atoms. The van der Waals surface area contributed by atoms with Crippen molar-refractivity contribution in [1.29, 1.82) is 0 Å². The molecule has 24 heavy (non-hydrogen) atoms. The molecule has 5 heteroatoms. The summed E-state index contributed by atoms with van der Waals surface area (Å²) in [5.74, 6) is 3.15. The van der Waals surface area contributed by atoms with Gasteiger partial charge in [0, 0.05) is 0 Å². The molecular formula is C19H32O4S. The first-order chi connectivity index (χ1) is 11.2. The Kier molecular flexibility index (Phi) is 4.10. The Morgan fingerprint density at radius 3 is 2.50 bits per heavy atom. The smallest absolute Gasteiger partial charge is 0.264 e. The van der Waals surface area contributed by atoms with Crippen molar-refractivity contribution < 1.29 is 17.2 Å². The highest BCUT2D eigenvalue weighted by Crippen LogP contribution is 2.66. The summed E-state index contributed by atoms with van der Waals surface area (Å²) in [6.45, 7) is 5.00. The Hall–Kier alpha value is -0.130. The van der Waals surface area contributed by atoms with Crippen LogP contribution in [0.15, 0.2) is 0 Å². The Morgan fingerprint density at radius 1 is 0.958 bits per heavy atom. The molecular weight excluding hydrogens is 324 g/mol. The van der Waals surface area contributed by atoms with Gasteiger partial charge < -0.3 is 0 Å². The number of rotatable bonds is 2. The van der Waals surface area contributed by atoms with Crippen LogP contribution < -0.4 is 0 Å². The summed E-state index contributed by atoms with van der Waals surface area (Å²) in [7, 11) is -4.32. The molecule has 0 amide bonds. The minimum Gasteiger partial charge on any atom is -0.264 e. The molecule has 4 aliphatic rings. The van der Waals surface area contributed by atoms with Crippen molar-refractivity contribution in [3.8, 4) is 0 Å². The molecule has 1 N–H and O–H groups in total. The minimum absolute atomic E-state index is 0.324. The molecule has 0 bridgehead atoms. The predicted octanol–water partition coefficient (Wildman–Crippen LogP) is 4.61. The maximum absolute atomic E-state index is 11.1. The second-order valence-electron chi connectivity index (χ2n) is 9.66. The van der Waals surface area contributed by atoms with Gasteiger partial charge in [0.15, 0.2) is 0 Å². The predicted molar refractivity (Wildman–Crippen MR) is 92.8 cm³/mol. The molecule has 0 aromatic rings. The van der Waals surface area contributed by atoms with Crippen molar-refractivity contribution >= 4 is 10.4 Å². The highest BCUT2D eigenvalue weighted by molar-refractivity contribution is 7.80. The molecule has 4 rings (SSSR count). The van der Waals surface area contributed by atoms with Gasteiger partial charge in [-0.3, -0.25) is 4.55 Å². The van der Waals surface area contributed by atoms with Crippen LogP contribution in [-0.2, 0) is 14.6 Å². The van der Waals surface area contributed by atoms with E-state index in [0.29, 0.717) is 16.7 Å². The maximum Gasteiger partial charge on any atom is 0.397 e. The number of fused-ring (bicyclic) bond motifs is 5. The lowest BCUT2D eigenvalue weighted by Gasteiger charge is -2.60. The highest BCUT2D eigenvalue weighted by Gasteiger charge is 2.58. The molecule has 138 valence electrons. The Labute approximate surface area is 146 Å².